The van der Waals surface area contributed by atoms with Crippen molar-refractivity contribution < 1.29 is 0 Å². The zero-order chi connectivity index (χ0) is 11.4. The lowest BCUT2D eigenvalue weighted by Gasteiger charge is -2.21. The zero-order valence-electron chi connectivity index (χ0n) is 10.2. The van der Waals surface area contributed by atoms with E-state index in [1.165, 1.54) is 32.1 Å². The summed E-state index contributed by atoms with van der Waals surface area (Å²) >= 11 is 0. The summed E-state index contributed by atoms with van der Waals surface area (Å²) in [4.78, 5) is 4.37. The Bertz CT molecular complexity index is 345. The van der Waals surface area contributed by atoms with Crippen molar-refractivity contribution >= 4 is 5.95 Å². The Morgan fingerprint density at radius 3 is 2.50 bits per heavy atom. The van der Waals surface area contributed by atoms with Crippen LogP contribution >= 0.6 is 0 Å². The monoisotopic (exact) mass is 220 g/mol. The fraction of sp³-hybridized carbons (Fsp3) is 0.750. The molecule has 1 aromatic heterocycles. The normalized spacial score (nSPS) is 17.4. The second-order valence-corrected chi connectivity index (χ2v) is 4.69. The highest BCUT2D eigenvalue weighted by Gasteiger charge is 2.13. The molecule has 0 aliphatic heterocycles. The van der Waals surface area contributed by atoms with Crippen molar-refractivity contribution in [2.24, 2.45) is 5.92 Å². The van der Waals surface area contributed by atoms with E-state index in [0.717, 1.165) is 23.9 Å². The third-order valence-corrected chi connectivity index (χ3v) is 3.37. The fourth-order valence-electron chi connectivity index (χ4n) is 2.16. The van der Waals surface area contributed by atoms with E-state index < -0.39 is 0 Å². The summed E-state index contributed by atoms with van der Waals surface area (Å²) in [5.74, 6) is 1.47. The third kappa shape index (κ3) is 2.90. The van der Waals surface area contributed by atoms with Crippen molar-refractivity contribution in [3.05, 3.63) is 11.4 Å². The summed E-state index contributed by atoms with van der Waals surface area (Å²) in [5.41, 5.74) is 1.87. The summed E-state index contributed by atoms with van der Waals surface area (Å²) in [5, 5.41) is 11.4. The van der Waals surface area contributed by atoms with E-state index in [4.69, 9.17) is 0 Å². The molecule has 0 unspecified atom stereocenters. The van der Waals surface area contributed by atoms with Gasteiger partial charge in [-0.3, -0.25) is 0 Å². The number of aryl methyl sites for hydroxylation is 2. The van der Waals surface area contributed by atoms with E-state index >= 15 is 0 Å². The molecule has 0 bridgehead atoms. The number of hydrogen-bond acceptors (Lipinski definition) is 4. The molecule has 0 radical (unpaired) electrons. The SMILES string of the molecule is Cc1nnc(NCC2CCCCC2)nc1C. The van der Waals surface area contributed by atoms with E-state index in [0.29, 0.717) is 5.95 Å². The number of nitrogens with one attached hydrogen (secondary N) is 1. The Labute approximate surface area is 96.9 Å². The van der Waals surface area contributed by atoms with E-state index in [2.05, 4.69) is 20.5 Å². The maximum atomic E-state index is 4.37. The highest BCUT2D eigenvalue weighted by molar-refractivity contribution is 5.24. The largest absolute Gasteiger partial charge is 0.353 e. The lowest BCUT2D eigenvalue weighted by atomic mass is 9.89. The first kappa shape index (κ1) is 11.3. The number of nitrogens with zero attached hydrogens (tertiary/aromatic N) is 3. The van der Waals surface area contributed by atoms with Crippen LogP contribution in [-0.4, -0.2) is 21.7 Å². The second kappa shape index (κ2) is 5.23. The van der Waals surface area contributed by atoms with Crippen molar-refractivity contribution in [1.82, 2.24) is 15.2 Å². The molecule has 4 heteroatoms. The Morgan fingerprint density at radius 1 is 1.06 bits per heavy atom. The summed E-state index contributed by atoms with van der Waals surface area (Å²) in [6.45, 7) is 4.89. The molecule has 0 spiro atoms. The van der Waals surface area contributed by atoms with Gasteiger partial charge in [-0.2, -0.15) is 5.10 Å². The van der Waals surface area contributed by atoms with Crippen LogP contribution in [0.15, 0.2) is 0 Å². The zero-order valence-corrected chi connectivity index (χ0v) is 10.2. The Kier molecular flexibility index (Phi) is 3.70. The van der Waals surface area contributed by atoms with Crippen molar-refractivity contribution in [3.8, 4) is 0 Å². The summed E-state index contributed by atoms with van der Waals surface area (Å²) in [6, 6.07) is 0. The molecule has 1 aliphatic carbocycles. The van der Waals surface area contributed by atoms with Crippen LogP contribution in [0, 0.1) is 19.8 Å². The van der Waals surface area contributed by atoms with Crippen LogP contribution in [0.2, 0.25) is 0 Å². The van der Waals surface area contributed by atoms with Gasteiger partial charge in [0.1, 0.15) is 0 Å². The first-order chi connectivity index (χ1) is 7.75. The van der Waals surface area contributed by atoms with E-state index in [1.807, 2.05) is 13.8 Å². The molecule has 0 atom stereocenters. The molecule has 1 aliphatic rings. The molecule has 88 valence electrons. The van der Waals surface area contributed by atoms with Gasteiger partial charge in [-0.05, 0) is 32.6 Å². The topological polar surface area (TPSA) is 50.7 Å². The molecule has 1 fully saturated rings. The van der Waals surface area contributed by atoms with Gasteiger partial charge in [-0.25, -0.2) is 4.98 Å². The van der Waals surface area contributed by atoms with Gasteiger partial charge in [0.2, 0.25) is 5.95 Å². The molecule has 1 saturated carbocycles. The maximum absolute atomic E-state index is 4.37. The third-order valence-electron chi connectivity index (χ3n) is 3.37. The highest BCUT2D eigenvalue weighted by atomic mass is 15.2. The lowest BCUT2D eigenvalue weighted by molar-refractivity contribution is 0.373. The van der Waals surface area contributed by atoms with Crippen LogP contribution in [0.3, 0.4) is 0 Å². The smallest absolute Gasteiger partial charge is 0.242 e. The van der Waals surface area contributed by atoms with Crippen LogP contribution in [0.4, 0.5) is 5.95 Å². The fourth-order valence-corrected chi connectivity index (χ4v) is 2.16. The quantitative estimate of drug-likeness (QED) is 0.850. The number of hydrogen-bond donors (Lipinski definition) is 1. The van der Waals surface area contributed by atoms with Gasteiger partial charge in [-0.15, -0.1) is 5.10 Å². The standard InChI is InChI=1S/C12H20N4/c1-9-10(2)15-16-12(14-9)13-8-11-6-4-3-5-7-11/h11H,3-8H2,1-2H3,(H,13,14,16). The van der Waals surface area contributed by atoms with Crippen LogP contribution < -0.4 is 5.32 Å². The Balaban J connectivity index is 1.86. The molecule has 0 amide bonds. The van der Waals surface area contributed by atoms with Crippen LogP contribution in [0.5, 0.6) is 0 Å². The molecule has 1 N–H and O–H groups in total. The van der Waals surface area contributed by atoms with Gasteiger partial charge in [0.25, 0.3) is 0 Å². The van der Waals surface area contributed by atoms with Crippen molar-refractivity contribution in [2.75, 3.05) is 11.9 Å². The number of aromatic nitrogens is 3. The van der Waals surface area contributed by atoms with Gasteiger partial charge < -0.3 is 5.32 Å². The summed E-state index contributed by atoms with van der Waals surface area (Å²) < 4.78 is 0. The predicted octanol–water partition coefficient (Wildman–Crippen LogP) is 2.48. The molecule has 0 aromatic carbocycles. The number of rotatable bonds is 3. The molecular weight excluding hydrogens is 200 g/mol. The van der Waals surface area contributed by atoms with Gasteiger partial charge >= 0.3 is 0 Å². The average molecular weight is 220 g/mol. The van der Waals surface area contributed by atoms with Gasteiger partial charge in [0.05, 0.1) is 11.4 Å². The number of anilines is 1. The minimum atomic E-state index is 0.675. The second-order valence-electron chi connectivity index (χ2n) is 4.69. The summed E-state index contributed by atoms with van der Waals surface area (Å²) in [6.07, 6.45) is 6.82. The molecular formula is C12H20N4. The molecule has 16 heavy (non-hydrogen) atoms. The van der Waals surface area contributed by atoms with Crippen molar-refractivity contribution in [2.45, 2.75) is 46.0 Å². The average Bonchev–Trinajstić information content (AvgIpc) is 2.32. The van der Waals surface area contributed by atoms with Gasteiger partial charge in [-0.1, -0.05) is 19.3 Å². The van der Waals surface area contributed by atoms with Crippen LogP contribution in [0.25, 0.3) is 0 Å². The lowest BCUT2D eigenvalue weighted by Crippen LogP contribution is -2.18. The van der Waals surface area contributed by atoms with Crippen LogP contribution in [0.1, 0.15) is 43.5 Å². The first-order valence-electron chi connectivity index (χ1n) is 6.17. The molecule has 0 saturated heterocycles. The minimum absolute atomic E-state index is 0.675. The maximum Gasteiger partial charge on any atom is 0.242 e. The Hall–Kier alpha value is -1.19. The van der Waals surface area contributed by atoms with Gasteiger partial charge in [0, 0.05) is 6.54 Å². The van der Waals surface area contributed by atoms with E-state index in [9.17, 15) is 0 Å². The predicted molar refractivity (Wildman–Crippen MR) is 64.4 cm³/mol. The van der Waals surface area contributed by atoms with E-state index in [1.54, 1.807) is 0 Å². The van der Waals surface area contributed by atoms with Crippen LogP contribution in [-0.2, 0) is 0 Å². The molecule has 1 aromatic rings. The highest BCUT2D eigenvalue weighted by Crippen LogP contribution is 2.23. The van der Waals surface area contributed by atoms with Gasteiger partial charge in [0.15, 0.2) is 0 Å². The molecule has 4 nitrogen and oxygen atoms in total. The summed E-state index contributed by atoms with van der Waals surface area (Å²) in [7, 11) is 0. The molecule has 1 heterocycles. The van der Waals surface area contributed by atoms with Crippen molar-refractivity contribution in [1.29, 1.82) is 0 Å². The van der Waals surface area contributed by atoms with Crippen molar-refractivity contribution in [3.63, 3.8) is 0 Å². The minimum Gasteiger partial charge on any atom is -0.353 e. The van der Waals surface area contributed by atoms with E-state index in [-0.39, 0.29) is 0 Å². The Morgan fingerprint density at radius 2 is 1.81 bits per heavy atom. The first-order valence-corrected chi connectivity index (χ1v) is 6.17. The molecule has 2 rings (SSSR count).